The predicted molar refractivity (Wildman–Crippen MR) is 45.9 cm³/mol. The lowest BCUT2D eigenvalue weighted by Crippen LogP contribution is -2.44. The summed E-state index contributed by atoms with van der Waals surface area (Å²) in [5, 5.41) is 3.41. The van der Waals surface area contributed by atoms with Crippen molar-refractivity contribution in [3.8, 4) is 0 Å². The quantitative estimate of drug-likeness (QED) is 0.600. The molecule has 2 heterocycles. The third-order valence-corrected chi connectivity index (χ3v) is 2.68. The fourth-order valence-electron chi connectivity index (χ4n) is 2.34. The minimum atomic E-state index is -0.878. The first-order valence-electron chi connectivity index (χ1n) is 4.11. The van der Waals surface area contributed by atoms with Crippen LogP contribution in [0.4, 0.5) is 4.39 Å². The maximum Gasteiger partial charge on any atom is 0.111 e. The van der Waals surface area contributed by atoms with Gasteiger partial charge in [0.2, 0.25) is 0 Å². The highest BCUT2D eigenvalue weighted by Gasteiger charge is 2.40. The second kappa shape index (κ2) is 2.91. The lowest BCUT2D eigenvalue weighted by molar-refractivity contribution is 0.110. The lowest BCUT2D eigenvalue weighted by atomic mass is 9.91. The summed E-state index contributed by atoms with van der Waals surface area (Å²) in [6.07, 6.45) is 3.82. The average molecular weight is 180 g/mol. The molecule has 0 aromatic heterocycles. The number of alkyl halides is 1. The summed E-state index contributed by atoms with van der Waals surface area (Å²) >= 11 is 0. The van der Waals surface area contributed by atoms with Gasteiger partial charge in [0, 0.05) is 12.1 Å². The van der Waals surface area contributed by atoms with Gasteiger partial charge in [0.1, 0.15) is 5.67 Å². The van der Waals surface area contributed by atoms with Crippen molar-refractivity contribution in [2.45, 2.75) is 50.4 Å². The van der Waals surface area contributed by atoms with Crippen molar-refractivity contribution in [1.82, 2.24) is 5.32 Å². The van der Waals surface area contributed by atoms with Crippen LogP contribution in [0.25, 0.3) is 0 Å². The Hall–Kier alpha value is 0.180. The Balaban J connectivity index is 0.000000605. The minimum Gasteiger partial charge on any atom is -0.311 e. The van der Waals surface area contributed by atoms with E-state index in [1.807, 2.05) is 0 Å². The van der Waals surface area contributed by atoms with Crippen molar-refractivity contribution < 1.29 is 4.39 Å². The number of nitrogens with one attached hydrogen (secondary N) is 1. The van der Waals surface area contributed by atoms with Gasteiger partial charge >= 0.3 is 0 Å². The van der Waals surface area contributed by atoms with Crippen LogP contribution in [0.2, 0.25) is 0 Å². The lowest BCUT2D eigenvalue weighted by Gasteiger charge is -2.31. The molecule has 0 spiro atoms. The SMILES string of the molecule is CC1(F)CC2CCC(C1)N2.Cl. The van der Waals surface area contributed by atoms with Gasteiger partial charge in [-0.1, -0.05) is 0 Å². The van der Waals surface area contributed by atoms with Crippen LogP contribution in [0, 0.1) is 0 Å². The van der Waals surface area contributed by atoms with Gasteiger partial charge < -0.3 is 5.32 Å². The van der Waals surface area contributed by atoms with Crippen LogP contribution in [-0.2, 0) is 0 Å². The van der Waals surface area contributed by atoms with E-state index >= 15 is 0 Å². The van der Waals surface area contributed by atoms with Crippen LogP contribution in [-0.4, -0.2) is 17.8 Å². The second-order valence-electron chi connectivity index (χ2n) is 3.96. The van der Waals surface area contributed by atoms with Crippen molar-refractivity contribution in [3.05, 3.63) is 0 Å². The molecule has 2 saturated heterocycles. The molecule has 2 bridgehead atoms. The molecule has 2 aliphatic rings. The van der Waals surface area contributed by atoms with Crippen molar-refractivity contribution in [2.75, 3.05) is 0 Å². The van der Waals surface area contributed by atoms with E-state index in [2.05, 4.69) is 5.32 Å². The van der Waals surface area contributed by atoms with Gasteiger partial charge in [0.15, 0.2) is 0 Å². The molecular weight excluding hydrogens is 165 g/mol. The van der Waals surface area contributed by atoms with E-state index in [-0.39, 0.29) is 12.4 Å². The molecule has 0 saturated carbocycles. The van der Waals surface area contributed by atoms with E-state index in [0.29, 0.717) is 12.1 Å². The standard InChI is InChI=1S/C8H14FN.ClH/c1-8(9)4-6-2-3-7(5-8)10-6;/h6-7,10H,2-5H2,1H3;1H. The number of rotatable bonds is 0. The molecule has 66 valence electrons. The van der Waals surface area contributed by atoms with E-state index in [9.17, 15) is 4.39 Å². The van der Waals surface area contributed by atoms with Crippen molar-refractivity contribution >= 4 is 12.4 Å². The topological polar surface area (TPSA) is 12.0 Å². The Morgan fingerprint density at radius 1 is 1.27 bits per heavy atom. The van der Waals surface area contributed by atoms with Crippen LogP contribution < -0.4 is 5.32 Å². The molecular formula is C8H15ClFN. The smallest absolute Gasteiger partial charge is 0.111 e. The van der Waals surface area contributed by atoms with E-state index < -0.39 is 5.67 Å². The molecule has 0 aromatic rings. The van der Waals surface area contributed by atoms with E-state index in [4.69, 9.17) is 0 Å². The fourth-order valence-corrected chi connectivity index (χ4v) is 2.34. The van der Waals surface area contributed by atoms with E-state index in [1.54, 1.807) is 6.92 Å². The first-order valence-corrected chi connectivity index (χ1v) is 4.11. The van der Waals surface area contributed by atoms with Crippen LogP contribution >= 0.6 is 12.4 Å². The molecule has 11 heavy (non-hydrogen) atoms. The molecule has 0 amide bonds. The predicted octanol–water partition coefficient (Wildman–Crippen LogP) is 2.05. The van der Waals surface area contributed by atoms with Crippen LogP contribution in [0.1, 0.15) is 32.6 Å². The number of halogens is 2. The number of piperidine rings is 1. The number of fused-ring (bicyclic) bond motifs is 2. The van der Waals surface area contributed by atoms with Crippen molar-refractivity contribution in [2.24, 2.45) is 0 Å². The summed E-state index contributed by atoms with van der Waals surface area (Å²) < 4.78 is 13.4. The van der Waals surface area contributed by atoms with Crippen LogP contribution in [0.3, 0.4) is 0 Å². The van der Waals surface area contributed by atoms with Crippen molar-refractivity contribution in [3.63, 3.8) is 0 Å². The van der Waals surface area contributed by atoms with Crippen molar-refractivity contribution in [1.29, 1.82) is 0 Å². The normalized spacial score (nSPS) is 48.5. The van der Waals surface area contributed by atoms with Gasteiger partial charge in [-0.2, -0.15) is 0 Å². The zero-order valence-corrected chi connectivity index (χ0v) is 7.59. The molecule has 3 heteroatoms. The molecule has 0 aromatic carbocycles. The summed E-state index contributed by atoms with van der Waals surface area (Å²) in [4.78, 5) is 0. The van der Waals surface area contributed by atoms with Crippen LogP contribution in [0.15, 0.2) is 0 Å². The molecule has 2 rings (SSSR count). The van der Waals surface area contributed by atoms with E-state index in [0.717, 1.165) is 12.8 Å². The summed E-state index contributed by atoms with van der Waals surface area (Å²) in [6, 6.07) is 0.961. The highest BCUT2D eigenvalue weighted by Crippen LogP contribution is 2.35. The van der Waals surface area contributed by atoms with Crippen LogP contribution in [0.5, 0.6) is 0 Å². The molecule has 0 radical (unpaired) electrons. The van der Waals surface area contributed by atoms with E-state index in [1.165, 1.54) is 12.8 Å². The van der Waals surface area contributed by atoms with Gasteiger partial charge in [-0.25, -0.2) is 4.39 Å². The first-order chi connectivity index (χ1) is 4.66. The zero-order valence-electron chi connectivity index (χ0n) is 6.77. The maximum atomic E-state index is 13.4. The largest absolute Gasteiger partial charge is 0.311 e. The zero-order chi connectivity index (χ0) is 7.19. The molecule has 2 atom stereocenters. The fraction of sp³-hybridized carbons (Fsp3) is 1.00. The highest BCUT2D eigenvalue weighted by atomic mass is 35.5. The summed E-state index contributed by atoms with van der Waals surface area (Å²) in [7, 11) is 0. The molecule has 2 unspecified atom stereocenters. The van der Waals surface area contributed by atoms with Gasteiger partial charge in [-0.05, 0) is 32.6 Å². The second-order valence-corrected chi connectivity index (χ2v) is 3.96. The first kappa shape index (κ1) is 9.27. The number of hydrogen-bond donors (Lipinski definition) is 1. The molecule has 1 N–H and O–H groups in total. The number of hydrogen-bond acceptors (Lipinski definition) is 1. The Kier molecular flexibility index (Phi) is 2.45. The van der Waals surface area contributed by atoms with Gasteiger partial charge in [0.05, 0.1) is 0 Å². The van der Waals surface area contributed by atoms with Gasteiger partial charge in [-0.15, -0.1) is 12.4 Å². The maximum absolute atomic E-state index is 13.4. The molecule has 2 fully saturated rings. The molecule has 0 aliphatic carbocycles. The Labute approximate surface area is 73.2 Å². The summed E-state index contributed by atoms with van der Waals surface area (Å²) in [5.41, 5.74) is -0.878. The average Bonchev–Trinajstić information content (AvgIpc) is 2.08. The van der Waals surface area contributed by atoms with Gasteiger partial charge in [0.25, 0.3) is 0 Å². The monoisotopic (exact) mass is 179 g/mol. The third kappa shape index (κ3) is 1.85. The Morgan fingerprint density at radius 2 is 1.73 bits per heavy atom. The Morgan fingerprint density at radius 3 is 2.18 bits per heavy atom. The minimum absolute atomic E-state index is 0. The third-order valence-electron chi connectivity index (χ3n) is 2.68. The summed E-state index contributed by atoms with van der Waals surface area (Å²) in [5.74, 6) is 0. The highest BCUT2D eigenvalue weighted by molar-refractivity contribution is 5.85. The Bertz CT molecular complexity index is 135. The molecule has 2 aliphatic heterocycles. The van der Waals surface area contributed by atoms with Gasteiger partial charge in [-0.3, -0.25) is 0 Å². The summed E-state index contributed by atoms with van der Waals surface area (Å²) in [6.45, 7) is 1.74. The molecule has 1 nitrogen and oxygen atoms in total.